The van der Waals surface area contributed by atoms with Gasteiger partial charge in [-0.2, -0.15) is 11.3 Å². The van der Waals surface area contributed by atoms with E-state index in [1.807, 2.05) is 22.9 Å². The third-order valence-electron chi connectivity index (χ3n) is 2.21. The monoisotopic (exact) mass is 235 g/mol. The van der Waals surface area contributed by atoms with E-state index in [9.17, 15) is 5.11 Å². The van der Waals surface area contributed by atoms with Crippen molar-refractivity contribution >= 4 is 22.8 Å². The minimum atomic E-state index is -0.496. The van der Waals surface area contributed by atoms with Crippen LogP contribution < -0.4 is 11.1 Å². The number of anilines is 2. The fourth-order valence-corrected chi connectivity index (χ4v) is 2.01. The molecule has 2 heterocycles. The predicted octanol–water partition coefficient (Wildman–Crippen LogP) is 1.87. The van der Waals surface area contributed by atoms with Crippen molar-refractivity contribution in [2.24, 2.45) is 0 Å². The van der Waals surface area contributed by atoms with Crippen molar-refractivity contribution in [1.82, 2.24) is 4.98 Å². The molecule has 0 fully saturated rings. The summed E-state index contributed by atoms with van der Waals surface area (Å²) in [6.45, 7) is 0.461. The van der Waals surface area contributed by atoms with Gasteiger partial charge in [0, 0.05) is 6.54 Å². The highest BCUT2D eigenvalue weighted by Gasteiger charge is 2.06. The normalized spacial score (nSPS) is 12.3. The van der Waals surface area contributed by atoms with Crippen LogP contribution in [0.25, 0.3) is 0 Å². The van der Waals surface area contributed by atoms with E-state index >= 15 is 0 Å². The summed E-state index contributed by atoms with van der Waals surface area (Å²) in [6, 6.07) is 5.47. The minimum Gasteiger partial charge on any atom is -0.387 e. The zero-order valence-electron chi connectivity index (χ0n) is 8.63. The summed E-state index contributed by atoms with van der Waals surface area (Å²) < 4.78 is 0. The first-order valence-electron chi connectivity index (χ1n) is 4.91. The van der Waals surface area contributed by atoms with Crippen LogP contribution in [0.4, 0.5) is 11.5 Å². The molecule has 0 aliphatic rings. The number of pyridine rings is 1. The van der Waals surface area contributed by atoms with Crippen molar-refractivity contribution in [3.05, 3.63) is 40.7 Å². The van der Waals surface area contributed by atoms with Crippen LogP contribution >= 0.6 is 11.3 Å². The van der Waals surface area contributed by atoms with E-state index in [2.05, 4.69) is 10.3 Å². The number of thiophene rings is 1. The zero-order chi connectivity index (χ0) is 11.4. The van der Waals surface area contributed by atoms with Gasteiger partial charge < -0.3 is 16.2 Å². The topological polar surface area (TPSA) is 71.2 Å². The number of aromatic nitrogens is 1. The van der Waals surface area contributed by atoms with Crippen LogP contribution in [0.5, 0.6) is 0 Å². The molecule has 0 bridgehead atoms. The molecule has 4 N–H and O–H groups in total. The molecular formula is C11H13N3OS. The van der Waals surface area contributed by atoms with E-state index in [1.54, 1.807) is 23.6 Å². The SMILES string of the molecule is Nc1ccc(NCC(O)c2ccsc2)cn1. The molecule has 2 rings (SSSR count). The Kier molecular flexibility index (Phi) is 3.38. The molecule has 0 amide bonds. The third kappa shape index (κ3) is 2.71. The Balaban J connectivity index is 1.90. The highest BCUT2D eigenvalue weighted by Crippen LogP contribution is 2.17. The maximum absolute atomic E-state index is 9.82. The molecule has 84 valence electrons. The van der Waals surface area contributed by atoms with Crippen LogP contribution in [0.2, 0.25) is 0 Å². The molecule has 0 saturated carbocycles. The van der Waals surface area contributed by atoms with Crippen molar-refractivity contribution in [3.8, 4) is 0 Å². The number of aliphatic hydroxyl groups excluding tert-OH is 1. The van der Waals surface area contributed by atoms with Crippen LogP contribution in [-0.2, 0) is 0 Å². The lowest BCUT2D eigenvalue weighted by atomic mass is 10.2. The van der Waals surface area contributed by atoms with Gasteiger partial charge in [0.15, 0.2) is 0 Å². The minimum absolute atomic E-state index is 0.461. The lowest BCUT2D eigenvalue weighted by Crippen LogP contribution is -2.11. The number of hydrogen-bond acceptors (Lipinski definition) is 5. The molecule has 0 radical (unpaired) electrons. The Labute approximate surface area is 97.8 Å². The van der Waals surface area contributed by atoms with E-state index in [-0.39, 0.29) is 0 Å². The predicted molar refractivity (Wildman–Crippen MR) is 66.4 cm³/mol. The van der Waals surface area contributed by atoms with Gasteiger partial charge in [0.1, 0.15) is 5.82 Å². The first-order chi connectivity index (χ1) is 7.75. The molecule has 1 unspecified atom stereocenters. The van der Waals surface area contributed by atoms with E-state index in [0.29, 0.717) is 12.4 Å². The van der Waals surface area contributed by atoms with Crippen molar-refractivity contribution in [2.45, 2.75) is 6.10 Å². The van der Waals surface area contributed by atoms with Crippen LogP contribution in [0, 0.1) is 0 Å². The van der Waals surface area contributed by atoms with Gasteiger partial charge in [-0.15, -0.1) is 0 Å². The summed E-state index contributed by atoms with van der Waals surface area (Å²) in [5.41, 5.74) is 7.25. The summed E-state index contributed by atoms with van der Waals surface area (Å²) in [5, 5.41) is 16.8. The Morgan fingerprint density at radius 3 is 2.94 bits per heavy atom. The second-order valence-electron chi connectivity index (χ2n) is 3.43. The third-order valence-corrected chi connectivity index (χ3v) is 2.92. The van der Waals surface area contributed by atoms with Crippen LogP contribution in [0.3, 0.4) is 0 Å². The number of nitrogens with zero attached hydrogens (tertiary/aromatic N) is 1. The number of rotatable bonds is 4. The van der Waals surface area contributed by atoms with Gasteiger partial charge in [-0.25, -0.2) is 4.98 Å². The summed E-state index contributed by atoms with van der Waals surface area (Å²) in [7, 11) is 0. The van der Waals surface area contributed by atoms with Gasteiger partial charge in [0.25, 0.3) is 0 Å². The highest BCUT2D eigenvalue weighted by atomic mass is 32.1. The maximum atomic E-state index is 9.82. The first kappa shape index (κ1) is 10.9. The van der Waals surface area contributed by atoms with Crippen molar-refractivity contribution in [1.29, 1.82) is 0 Å². The van der Waals surface area contributed by atoms with Gasteiger partial charge in [-0.05, 0) is 34.5 Å². The van der Waals surface area contributed by atoms with E-state index in [0.717, 1.165) is 11.3 Å². The fourth-order valence-electron chi connectivity index (χ4n) is 1.31. The van der Waals surface area contributed by atoms with E-state index in [4.69, 9.17) is 5.73 Å². The molecule has 0 saturated heterocycles. The highest BCUT2D eigenvalue weighted by molar-refractivity contribution is 7.07. The van der Waals surface area contributed by atoms with Crippen molar-refractivity contribution in [3.63, 3.8) is 0 Å². The zero-order valence-corrected chi connectivity index (χ0v) is 9.45. The van der Waals surface area contributed by atoms with Crippen LogP contribution in [0.1, 0.15) is 11.7 Å². The quantitative estimate of drug-likeness (QED) is 0.756. The number of nitrogen functional groups attached to an aromatic ring is 1. The Hall–Kier alpha value is -1.59. The van der Waals surface area contributed by atoms with Gasteiger partial charge in [-0.1, -0.05) is 0 Å². The summed E-state index contributed by atoms with van der Waals surface area (Å²) >= 11 is 1.57. The smallest absolute Gasteiger partial charge is 0.123 e. The molecule has 0 aromatic carbocycles. The molecule has 4 nitrogen and oxygen atoms in total. The average molecular weight is 235 g/mol. The Morgan fingerprint density at radius 2 is 2.31 bits per heavy atom. The van der Waals surface area contributed by atoms with E-state index in [1.165, 1.54) is 0 Å². The molecule has 5 heteroatoms. The fraction of sp³-hybridized carbons (Fsp3) is 0.182. The number of aliphatic hydroxyl groups is 1. The molecule has 0 aliphatic carbocycles. The van der Waals surface area contributed by atoms with Crippen LogP contribution in [0.15, 0.2) is 35.2 Å². The number of nitrogens with two attached hydrogens (primary N) is 1. The van der Waals surface area contributed by atoms with Crippen molar-refractivity contribution in [2.75, 3.05) is 17.6 Å². The molecule has 16 heavy (non-hydrogen) atoms. The number of nitrogens with one attached hydrogen (secondary N) is 1. The Morgan fingerprint density at radius 1 is 1.44 bits per heavy atom. The van der Waals surface area contributed by atoms with Gasteiger partial charge >= 0.3 is 0 Å². The van der Waals surface area contributed by atoms with Gasteiger partial charge in [0.05, 0.1) is 18.0 Å². The van der Waals surface area contributed by atoms with E-state index < -0.39 is 6.10 Å². The Bertz CT molecular complexity index is 427. The van der Waals surface area contributed by atoms with Gasteiger partial charge in [0.2, 0.25) is 0 Å². The van der Waals surface area contributed by atoms with Crippen molar-refractivity contribution < 1.29 is 5.11 Å². The first-order valence-corrected chi connectivity index (χ1v) is 5.85. The average Bonchev–Trinajstić information content (AvgIpc) is 2.81. The lowest BCUT2D eigenvalue weighted by molar-refractivity contribution is 0.192. The summed E-state index contributed by atoms with van der Waals surface area (Å²) in [6.07, 6.45) is 1.15. The van der Waals surface area contributed by atoms with Crippen LogP contribution in [-0.4, -0.2) is 16.6 Å². The molecular weight excluding hydrogens is 222 g/mol. The molecule has 2 aromatic heterocycles. The van der Waals surface area contributed by atoms with Gasteiger partial charge in [-0.3, -0.25) is 0 Å². The maximum Gasteiger partial charge on any atom is 0.123 e. The second-order valence-corrected chi connectivity index (χ2v) is 4.21. The molecule has 0 spiro atoms. The largest absolute Gasteiger partial charge is 0.387 e. The second kappa shape index (κ2) is 4.96. The molecule has 1 atom stereocenters. The standard InChI is InChI=1S/C11H13N3OS/c12-11-2-1-9(5-14-11)13-6-10(15)8-3-4-16-7-8/h1-5,7,10,13,15H,6H2,(H2,12,14). The number of hydrogen-bond donors (Lipinski definition) is 3. The summed E-state index contributed by atoms with van der Waals surface area (Å²) in [4.78, 5) is 3.96. The molecule has 0 aliphatic heterocycles. The molecule has 2 aromatic rings. The lowest BCUT2D eigenvalue weighted by Gasteiger charge is -2.11. The summed E-state index contributed by atoms with van der Waals surface area (Å²) in [5.74, 6) is 0.490.